The molecule has 2 aromatic heterocycles. The Morgan fingerprint density at radius 3 is 2.60 bits per heavy atom. The Balaban J connectivity index is 2.14. The highest BCUT2D eigenvalue weighted by Gasteiger charge is 2.30. The number of carboxylic acid groups (broad SMARTS) is 1. The maximum atomic E-state index is 12.4. The standard InChI is InChI=1S/C11H8F3N3O3/c12-11(13,14)6-1-2-7(15-5-6)10-17-16-8(20-10)3-4-9(18)19/h1-2,5H,3-4H2,(H,18,19). The van der Waals surface area contributed by atoms with Crippen molar-refractivity contribution in [3.8, 4) is 11.6 Å². The van der Waals surface area contributed by atoms with E-state index in [-0.39, 0.29) is 30.3 Å². The largest absolute Gasteiger partial charge is 0.481 e. The van der Waals surface area contributed by atoms with Crippen LogP contribution in [-0.2, 0) is 17.4 Å². The lowest BCUT2D eigenvalue weighted by atomic mass is 10.2. The van der Waals surface area contributed by atoms with Gasteiger partial charge < -0.3 is 9.52 Å². The maximum absolute atomic E-state index is 12.4. The van der Waals surface area contributed by atoms with Gasteiger partial charge in [-0.1, -0.05) is 0 Å². The minimum absolute atomic E-state index is 0.0446. The normalized spacial score (nSPS) is 11.6. The fourth-order valence-corrected chi connectivity index (χ4v) is 1.36. The summed E-state index contributed by atoms with van der Waals surface area (Å²) in [6.45, 7) is 0. The number of nitrogens with zero attached hydrogens (tertiary/aromatic N) is 3. The number of aromatic nitrogens is 3. The lowest BCUT2D eigenvalue weighted by Crippen LogP contribution is -2.05. The summed E-state index contributed by atoms with van der Waals surface area (Å²) in [5.41, 5.74) is -0.793. The summed E-state index contributed by atoms with van der Waals surface area (Å²) in [6, 6.07) is 1.96. The molecule has 0 saturated heterocycles. The molecule has 2 aromatic rings. The molecule has 0 saturated carbocycles. The Morgan fingerprint density at radius 1 is 1.30 bits per heavy atom. The van der Waals surface area contributed by atoms with E-state index in [0.717, 1.165) is 12.1 Å². The van der Waals surface area contributed by atoms with Crippen LogP contribution in [0.1, 0.15) is 17.9 Å². The molecule has 0 fully saturated rings. The van der Waals surface area contributed by atoms with Gasteiger partial charge in [-0.05, 0) is 12.1 Å². The third-order valence-electron chi connectivity index (χ3n) is 2.33. The van der Waals surface area contributed by atoms with E-state index in [2.05, 4.69) is 15.2 Å². The van der Waals surface area contributed by atoms with Gasteiger partial charge in [-0.15, -0.1) is 10.2 Å². The van der Waals surface area contributed by atoms with Gasteiger partial charge in [0, 0.05) is 12.6 Å². The predicted molar refractivity (Wildman–Crippen MR) is 58.5 cm³/mol. The highest BCUT2D eigenvalue weighted by molar-refractivity contribution is 5.66. The third-order valence-corrected chi connectivity index (χ3v) is 2.33. The Labute approximate surface area is 110 Å². The van der Waals surface area contributed by atoms with Crippen LogP contribution in [0.5, 0.6) is 0 Å². The minimum atomic E-state index is -4.47. The van der Waals surface area contributed by atoms with Gasteiger partial charge in [0.15, 0.2) is 0 Å². The van der Waals surface area contributed by atoms with Crippen LogP contribution < -0.4 is 0 Å². The van der Waals surface area contributed by atoms with E-state index in [1.807, 2.05) is 0 Å². The van der Waals surface area contributed by atoms with Crippen molar-refractivity contribution in [1.82, 2.24) is 15.2 Å². The summed E-state index contributed by atoms with van der Waals surface area (Å²) >= 11 is 0. The SMILES string of the molecule is O=C(O)CCc1nnc(-c2ccc(C(F)(F)F)cn2)o1. The highest BCUT2D eigenvalue weighted by Crippen LogP contribution is 2.29. The first-order valence-electron chi connectivity index (χ1n) is 5.44. The highest BCUT2D eigenvalue weighted by atomic mass is 19.4. The summed E-state index contributed by atoms with van der Waals surface area (Å²) in [5.74, 6) is -0.986. The van der Waals surface area contributed by atoms with E-state index < -0.39 is 17.7 Å². The number of carboxylic acids is 1. The molecule has 0 unspecified atom stereocenters. The molecule has 0 aliphatic carbocycles. The van der Waals surface area contributed by atoms with Gasteiger partial charge in [-0.3, -0.25) is 9.78 Å². The van der Waals surface area contributed by atoms with Gasteiger partial charge in [-0.2, -0.15) is 13.2 Å². The van der Waals surface area contributed by atoms with Crippen molar-refractivity contribution in [1.29, 1.82) is 0 Å². The summed E-state index contributed by atoms with van der Waals surface area (Å²) in [6.07, 6.45) is -3.94. The van der Waals surface area contributed by atoms with Crippen molar-refractivity contribution in [3.05, 3.63) is 29.8 Å². The molecule has 0 radical (unpaired) electrons. The van der Waals surface area contributed by atoms with Crippen molar-refractivity contribution < 1.29 is 27.5 Å². The smallest absolute Gasteiger partial charge is 0.417 e. The number of pyridine rings is 1. The molecule has 0 bridgehead atoms. The molecule has 106 valence electrons. The quantitative estimate of drug-likeness (QED) is 0.927. The summed E-state index contributed by atoms with van der Waals surface area (Å²) < 4.78 is 42.2. The topological polar surface area (TPSA) is 89.1 Å². The monoisotopic (exact) mass is 287 g/mol. The van der Waals surface area contributed by atoms with Crippen LogP contribution in [0.3, 0.4) is 0 Å². The van der Waals surface area contributed by atoms with Crippen LogP contribution >= 0.6 is 0 Å². The second-order valence-electron chi connectivity index (χ2n) is 3.82. The lowest BCUT2D eigenvalue weighted by Gasteiger charge is -2.05. The molecule has 0 aliphatic heterocycles. The molecule has 0 aromatic carbocycles. The first kappa shape index (κ1) is 14.0. The average Bonchev–Trinajstić information content (AvgIpc) is 2.84. The Hall–Kier alpha value is -2.45. The molecule has 2 rings (SSSR count). The van der Waals surface area contributed by atoms with Gasteiger partial charge >= 0.3 is 12.1 Å². The molecule has 1 N–H and O–H groups in total. The summed E-state index contributed by atoms with van der Waals surface area (Å²) in [5, 5.41) is 15.7. The zero-order valence-corrected chi connectivity index (χ0v) is 9.89. The van der Waals surface area contributed by atoms with Crippen LogP contribution in [0.4, 0.5) is 13.2 Å². The Bertz CT molecular complexity index is 607. The van der Waals surface area contributed by atoms with E-state index >= 15 is 0 Å². The van der Waals surface area contributed by atoms with Crippen LogP contribution in [0.15, 0.2) is 22.7 Å². The van der Waals surface area contributed by atoms with Crippen molar-refractivity contribution in [2.45, 2.75) is 19.0 Å². The minimum Gasteiger partial charge on any atom is -0.481 e. The zero-order chi connectivity index (χ0) is 14.8. The van der Waals surface area contributed by atoms with Gasteiger partial charge in [0.05, 0.1) is 12.0 Å². The summed E-state index contributed by atoms with van der Waals surface area (Å²) in [4.78, 5) is 14.0. The number of halogens is 3. The van der Waals surface area contributed by atoms with E-state index in [9.17, 15) is 18.0 Å². The number of carbonyl (C=O) groups is 1. The number of alkyl halides is 3. The van der Waals surface area contributed by atoms with Crippen LogP contribution in [0.2, 0.25) is 0 Å². The van der Waals surface area contributed by atoms with Crippen LogP contribution in [0.25, 0.3) is 11.6 Å². The molecule has 0 atom stereocenters. The molecule has 9 heteroatoms. The van der Waals surface area contributed by atoms with E-state index in [1.165, 1.54) is 0 Å². The van der Waals surface area contributed by atoms with Gasteiger partial charge in [-0.25, -0.2) is 0 Å². The average molecular weight is 287 g/mol. The number of hydrogen-bond donors (Lipinski definition) is 1. The predicted octanol–water partition coefficient (Wildman–Crippen LogP) is 2.17. The lowest BCUT2D eigenvalue weighted by molar-refractivity contribution is -0.138. The first-order chi connectivity index (χ1) is 9.36. The van der Waals surface area contributed by atoms with Crippen molar-refractivity contribution in [2.75, 3.05) is 0 Å². The Morgan fingerprint density at radius 2 is 2.05 bits per heavy atom. The van der Waals surface area contributed by atoms with E-state index in [1.54, 1.807) is 0 Å². The molecule has 2 heterocycles. The third kappa shape index (κ3) is 3.31. The molecule has 20 heavy (non-hydrogen) atoms. The van der Waals surface area contributed by atoms with Crippen LogP contribution in [0, 0.1) is 0 Å². The van der Waals surface area contributed by atoms with Crippen LogP contribution in [-0.4, -0.2) is 26.3 Å². The number of aryl methyl sites for hydroxylation is 1. The Kier molecular flexibility index (Phi) is 3.68. The van der Waals surface area contributed by atoms with E-state index in [4.69, 9.17) is 9.52 Å². The van der Waals surface area contributed by atoms with Crippen molar-refractivity contribution in [3.63, 3.8) is 0 Å². The number of rotatable bonds is 4. The summed E-state index contributed by atoms with van der Waals surface area (Å²) in [7, 11) is 0. The fraction of sp³-hybridized carbons (Fsp3) is 0.273. The molecular formula is C11H8F3N3O3. The molecular weight excluding hydrogens is 279 g/mol. The molecule has 0 aliphatic rings. The fourth-order valence-electron chi connectivity index (χ4n) is 1.36. The second kappa shape index (κ2) is 5.27. The first-order valence-corrected chi connectivity index (χ1v) is 5.44. The number of aliphatic carboxylic acids is 1. The molecule has 6 nitrogen and oxygen atoms in total. The molecule has 0 amide bonds. The zero-order valence-electron chi connectivity index (χ0n) is 9.89. The number of hydrogen-bond acceptors (Lipinski definition) is 5. The van der Waals surface area contributed by atoms with Gasteiger partial charge in [0.25, 0.3) is 5.89 Å². The molecule has 0 spiro atoms. The van der Waals surface area contributed by atoms with Crippen molar-refractivity contribution >= 4 is 5.97 Å². The maximum Gasteiger partial charge on any atom is 0.417 e. The van der Waals surface area contributed by atoms with E-state index in [0.29, 0.717) is 6.20 Å². The van der Waals surface area contributed by atoms with Gasteiger partial charge in [0.2, 0.25) is 5.89 Å². The van der Waals surface area contributed by atoms with Crippen molar-refractivity contribution in [2.24, 2.45) is 0 Å². The second-order valence-corrected chi connectivity index (χ2v) is 3.82. The van der Waals surface area contributed by atoms with Gasteiger partial charge in [0.1, 0.15) is 5.69 Å².